The van der Waals surface area contributed by atoms with Crippen molar-refractivity contribution in [3.05, 3.63) is 22.9 Å². The topological polar surface area (TPSA) is 39.3 Å². The normalized spacial score (nSPS) is 30.4. The van der Waals surface area contributed by atoms with Gasteiger partial charge in [0.05, 0.1) is 0 Å². The Bertz CT molecular complexity index is 476. The highest BCUT2D eigenvalue weighted by molar-refractivity contribution is 5.45. The maximum atomic E-state index is 5.77. The summed E-state index contributed by atoms with van der Waals surface area (Å²) in [6.45, 7) is 10.5. The molecule has 0 aliphatic carbocycles. The Hall–Kier alpha value is -1.28. The Balaban J connectivity index is 2.24. The van der Waals surface area contributed by atoms with Gasteiger partial charge < -0.3 is 20.9 Å². The molecule has 0 aromatic heterocycles. The van der Waals surface area contributed by atoms with E-state index in [2.05, 4.69) is 53.6 Å². The van der Waals surface area contributed by atoms with E-state index in [1.165, 1.54) is 11.3 Å². The van der Waals surface area contributed by atoms with E-state index in [0.29, 0.717) is 18.1 Å². The lowest BCUT2D eigenvalue weighted by Crippen LogP contribution is -2.54. The molecule has 0 saturated carbocycles. The van der Waals surface area contributed by atoms with Gasteiger partial charge in [-0.1, -0.05) is 12.0 Å². The Morgan fingerprint density at radius 3 is 2.64 bits per heavy atom. The largest absolute Gasteiger partial charge is 0.368 e. The van der Waals surface area contributed by atoms with Crippen molar-refractivity contribution in [3.63, 3.8) is 0 Å². The molecule has 22 heavy (non-hydrogen) atoms. The van der Waals surface area contributed by atoms with Gasteiger partial charge in [-0.2, -0.15) is 0 Å². The summed E-state index contributed by atoms with van der Waals surface area (Å²) in [5.74, 6) is 2.91. The molecule has 2 aliphatic heterocycles. The molecule has 2 heterocycles. The number of terminal acetylenes is 1. The van der Waals surface area contributed by atoms with Crippen LogP contribution in [0, 0.1) is 12.3 Å². The molecule has 3 atom stereocenters. The van der Waals surface area contributed by atoms with Crippen LogP contribution in [0.5, 0.6) is 0 Å². The number of piperazine rings is 1. The predicted octanol–water partition coefficient (Wildman–Crippen LogP) is 1.08. The molecule has 1 saturated heterocycles. The standard InChI is InChI=1S/C18H30N4/c1-6-15-9-20-16(10-19-5)8-17(15)18(7-2)22-11-13(3)21-14(4)12-22/h1,7,13-14,16,19-21H,8-12H2,2-5H3/b18-7+/t13?,14?,16-/m0/s1. The van der Waals surface area contributed by atoms with Crippen molar-refractivity contribution in [2.24, 2.45) is 0 Å². The van der Waals surface area contributed by atoms with Crippen LogP contribution in [0.3, 0.4) is 0 Å². The second-order valence-corrected chi connectivity index (χ2v) is 6.49. The molecule has 4 nitrogen and oxygen atoms in total. The third-order valence-corrected chi connectivity index (χ3v) is 4.49. The number of hydrogen-bond donors (Lipinski definition) is 3. The van der Waals surface area contributed by atoms with Crippen LogP contribution in [0.1, 0.15) is 27.2 Å². The second kappa shape index (κ2) is 7.82. The monoisotopic (exact) mass is 302 g/mol. The molecule has 1 fully saturated rings. The van der Waals surface area contributed by atoms with Crippen molar-refractivity contribution in [1.82, 2.24) is 20.9 Å². The number of rotatable bonds is 4. The highest BCUT2D eigenvalue weighted by Crippen LogP contribution is 2.27. The molecular weight excluding hydrogens is 272 g/mol. The van der Waals surface area contributed by atoms with Gasteiger partial charge in [0.2, 0.25) is 0 Å². The summed E-state index contributed by atoms with van der Waals surface area (Å²) in [6.07, 6.45) is 9.00. The van der Waals surface area contributed by atoms with Gasteiger partial charge in [0.15, 0.2) is 0 Å². The summed E-state index contributed by atoms with van der Waals surface area (Å²) in [7, 11) is 2.00. The Labute approximate surface area is 135 Å². The van der Waals surface area contributed by atoms with Crippen molar-refractivity contribution >= 4 is 0 Å². The summed E-state index contributed by atoms with van der Waals surface area (Å²) < 4.78 is 0. The van der Waals surface area contributed by atoms with Crippen LogP contribution in [0.4, 0.5) is 0 Å². The van der Waals surface area contributed by atoms with Gasteiger partial charge in [0, 0.05) is 55.6 Å². The van der Waals surface area contributed by atoms with Crippen molar-refractivity contribution in [2.45, 2.75) is 45.3 Å². The maximum Gasteiger partial charge on any atom is 0.0366 e. The zero-order chi connectivity index (χ0) is 16.1. The van der Waals surface area contributed by atoms with Gasteiger partial charge in [-0.3, -0.25) is 0 Å². The van der Waals surface area contributed by atoms with E-state index < -0.39 is 0 Å². The van der Waals surface area contributed by atoms with Gasteiger partial charge in [0.1, 0.15) is 0 Å². The van der Waals surface area contributed by atoms with Crippen molar-refractivity contribution in [3.8, 4) is 12.3 Å². The van der Waals surface area contributed by atoms with E-state index in [1.54, 1.807) is 0 Å². The van der Waals surface area contributed by atoms with Gasteiger partial charge >= 0.3 is 0 Å². The van der Waals surface area contributed by atoms with Crippen molar-refractivity contribution in [1.29, 1.82) is 0 Å². The van der Waals surface area contributed by atoms with Crippen LogP contribution in [0.2, 0.25) is 0 Å². The second-order valence-electron chi connectivity index (χ2n) is 6.49. The summed E-state index contributed by atoms with van der Waals surface area (Å²) in [5.41, 5.74) is 3.79. The summed E-state index contributed by atoms with van der Waals surface area (Å²) >= 11 is 0. The van der Waals surface area contributed by atoms with Crippen LogP contribution < -0.4 is 16.0 Å². The minimum absolute atomic E-state index is 0.449. The maximum absolute atomic E-state index is 5.77. The molecule has 0 spiro atoms. The minimum atomic E-state index is 0.449. The first-order valence-corrected chi connectivity index (χ1v) is 8.33. The van der Waals surface area contributed by atoms with Gasteiger partial charge in [0.25, 0.3) is 0 Å². The Kier molecular flexibility index (Phi) is 6.07. The number of nitrogens with zero attached hydrogens (tertiary/aromatic N) is 1. The number of nitrogens with one attached hydrogen (secondary N) is 3. The average Bonchev–Trinajstić information content (AvgIpc) is 2.48. The zero-order valence-corrected chi connectivity index (χ0v) is 14.4. The first-order valence-electron chi connectivity index (χ1n) is 8.33. The fraction of sp³-hybridized carbons (Fsp3) is 0.667. The molecular formula is C18H30N4. The van der Waals surface area contributed by atoms with E-state index in [0.717, 1.165) is 38.2 Å². The predicted molar refractivity (Wildman–Crippen MR) is 93.6 cm³/mol. The molecule has 2 aliphatic rings. The lowest BCUT2D eigenvalue weighted by Gasteiger charge is -2.41. The fourth-order valence-electron chi connectivity index (χ4n) is 3.65. The van der Waals surface area contributed by atoms with Crippen LogP contribution >= 0.6 is 0 Å². The van der Waals surface area contributed by atoms with Gasteiger partial charge in [-0.05, 0) is 39.8 Å². The first kappa shape index (κ1) is 17.1. The zero-order valence-electron chi connectivity index (χ0n) is 14.4. The highest BCUT2D eigenvalue weighted by Gasteiger charge is 2.28. The van der Waals surface area contributed by atoms with Crippen LogP contribution in [0.25, 0.3) is 0 Å². The fourth-order valence-corrected chi connectivity index (χ4v) is 3.65. The molecule has 0 radical (unpaired) electrons. The summed E-state index contributed by atoms with van der Waals surface area (Å²) in [5, 5.41) is 10.4. The van der Waals surface area contributed by atoms with Crippen LogP contribution in [-0.4, -0.2) is 56.3 Å². The van der Waals surface area contributed by atoms with Crippen LogP contribution in [0.15, 0.2) is 22.9 Å². The van der Waals surface area contributed by atoms with Crippen LogP contribution in [-0.2, 0) is 0 Å². The van der Waals surface area contributed by atoms with Crippen molar-refractivity contribution in [2.75, 3.05) is 33.2 Å². The van der Waals surface area contributed by atoms with E-state index in [4.69, 9.17) is 6.42 Å². The SMILES string of the molecule is C#CC1=C(/C(=C\C)N2CC(C)NC(C)C2)C[C@@H](CNC)NC1. The first-order chi connectivity index (χ1) is 10.6. The molecule has 2 unspecified atom stereocenters. The molecule has 4 heteroatoms. The third-order valence-electron chi connectivity index (χ3n) is 4.49. The Morgan fingerprint density at radius 1 is 1.41 bits per heavy atom. The molecule has 0 bridgehead atoms. The molecule has 0 aromatic rings. The average molecular weight is 302 g/mol. The molecule has 2 rings (SSSR count). The Morgan fingerprint density at radius 2 is 2.09 bits per heavy atom. The highest BCUT2D eigenvalue weighted by atomic mass is 15.2. The summed E-state index contributed by atoms with van der Waals surface area (Å²) in [4.78, 5) is 2.50. The van der Waals surface area contributed by atoms with E-state index in [9.17, 15) is 0 Å². The number of likely N-dealkylation sites (N-methyl/N-ethyl adjacent to an activating group) is 1. The smallest absolute Gasteiger partial charge is 0.0366 e. The lowest BCUT2D eigenvalue weighted by atomic mass is 9.92. The van der Waals surface area contributed by atoms with Gasteiger partial charge in [-0.15, -0.1) is 6.42 Å². The molecule has 0 amide bonds. The van der Waals surface area contributed by atoms with E-state index in [-0.39, 0.29) is 0 Å². The quantitative estimate of drug-likeness (QED) is 0.680. The molecule has 3 N–H and O–H groups in total. The van der Waals surface area contributed by atoms with Crippen molar-refractivity contribution < 1.29 is 0 Å². The summed E-state index contributed by atoms with van der Waals surface area (Å²) in [6, 6.07) is 1.46. The lowest BCUT2D eigenvalue weighted by molar-refractivity contribution is 0.216. The van der Waals surface area contributed by atoms with E-state index in [1.807, 2.05) is 7.05 Å². The van der Waals surface area contributed by atoms with E-state index >= 15 is 0 Å². The van der Waals surface area contributed by atoms with Gasteiger partial charge in [-0.25, -0.2) is 0 Å². The number of hydrogen-bond acceptors (Lipinski definition) is 4. The minimum Gasteiger partial charge on any atom is -0.368 e. The molecule has 122 valence electrons. The number of allylic oxidation sites excluding steroid dienone is 2. The third kappa shape index (κ3) is 3.92. The molecule has 0 aromatic carbocycles.